The Morgan fingerprint density at radius 1 is 1.26 bits per heavy atom. The van der Waals surface area contributed by atoms with Crippen molar-refractivity contribution in [3.05, 3.63) is 24.3 Å². The summed E-state index contributed by atoms with van der Waals surface area (Å²) >= 11 is 0. The van der Waals surface area contributed by atoms with E-state index in [1.165, 1.54) is 0 Å². The lowest BCUT2D eigenvalue weighted by molar-refractivity contribution is 0.274. The highest BCUT2D eigenvalue weighted by atomic mass is 15.4. The van der Waals surface area contributed by atoms with Crippen LogP contribution in [-0.2, 0) is 6.54 Å². The van der Waals surface area contributed by atoms with Crippen LogP contribution >= 0.6 is 0 Å². The lowest BCUT2D eigenvalue weighted by Crippen LogP contribution is -2.35. The molecule has 0 aliphatic heterocycles. The number of benzene rings is 1. The molecule has 0 saturated carbocycles. The topological polar surface area (TPSA) is 42.7 Å². The minimum absolute atomic E-state index is 0.158. The number of hydrogen-bond acceptors (Lipinski definition) is 3. The lowest BCUT2D eigenvalue weighted by Gasteiger charge is -2.25. The van der Waals surface area contributed by atoms with Crippen LogP contribution in [-0.4, -0.2) is 28.1 Å². The van der Waals surface area contributed by atoms with Gasteiger partial charge in [-0.2, -0.15) is 0 Å². The number of para-hydroxylation sites is 1. The first-order chi connectivity index (χ1) is 8.98. The molecule has 2 aromatic rings. The summed E-state index contributed by atoms with van der Waals surface area (Å²) in [5.74, 6) is 0.683. The summed E-state index contributed by atoms with van der Waals surface area (Å²) in [6.07, 6.45) is 0. The van der Waals surface area contributed by atoms with Crippen molar-refractivity contribution in [1.29, 1.82) is 0 Å². The predicted molar refractivity (Wildman–Crippen MR) is 79.0 cm³/mol. The van der Waals surface area contributed by atoms with Crippen LogP contribution in [0.5, 0.6) is 0 Å². The van der Waals surface area contributed by atoms with Gasteiger partial charge in [0, 0.05) is 13.1 Å². The molecule has 1 aromatic heterocycles. The lowest BCUT2D eigenvalue weighted by atomic mass is 9.93. The molecular weight excluding hydrogens is 236 g/mol. The van der Waals surface area contributed by atoms with Gasteiger partial charge in [0.1, 0.15) is 5.52 Å². The third kappa shape index (κ3) is 3.77. The second-order valence-electron chi connectivity index (χ2n) is 6.42. The van der Waals surface area contributed by atoms with Crippen LogP contribution in [0, 0.1) is 11.3 Å². The van der Waals surface area contributed by atoms with Crippen molar-refractivity contribution in [2.45, 2.75) is 34.2 Å². The summed E-state index contributed by atoms with van der Waals surface area (Å²) in [4.78, 5) is 0. The third-order valence-electron chi connectivity index (χ3n) is 3.15. The van der Waals surface area contributed by atoms with E-state index in [-0.39, 0.29) is 5.41 Å². The van der Waals surface area contributed by atoms with Crippen molar-refractivity contribution in [1.82, 2.24) is 20.3 Å². The maximum absolute atomic E-state index is 4.26. The Labute approximate surface area is 115 Å². The zero-order valence-corrected chi connectivity index (χ0v) is 12.3. The van der Waals surface area contributed by atoms with E-state index in [9.17, 15) is 0 Å². The molecule has 0 saturated heterocycles. The van der Waals surface area contributed by atoms with Gasteiger partial charge in [-0.05, 0) is 30.0 Å². The molecule has 0 amide bonds. The van der Waals surface area contributed by atoms with Crippen LogP contribution in [0.2, 0.25) is 0 Å². The van der Waals surface area contributed by atoms with Crippen molar-refractivity contribution in [3.8, 4) is 0 Å². The zero-order chi connectivity index (χ0) is 13.9. The van der Waals surface area contributed by atoms with Gasteiger partial charge in [0.05, 0.1) is 5.52 Å². The fourth-order valence-corrected chi connectivity index (χ4v) is 2.19. The molecule has 1 heterocycles. The first-order valence-corrected chi connectivity index (χ1v) is 6.97. The van der Waals surface area contributed by atoms with Gasteiger partial charge in [0.15, 0.2) is 0 Å². The zero-order valence-electron chi connectivity index (χ0n) is 12.3. The Morgan fingerprint density at radius 3 is 2.74 bits per heavy atom. The van der Waals surface area contributed by atoms with Crippen molar-refractivity contribution in [2.75, 3.05) is 13.1 Å². The van der Waals surface area contributed by atoms with Crippen molar-refractivity contribution in [2.24, 2.45) is 11.3 Å². The molecule has 0 aliphatic carbocycles. The van der Waals surface area contributed by atoms with E-state index in [1.807, 2.05) is 22.9 Å². The molecule has 4 nitrogen and oxygen atoms in total. The van der Waals surface area contributed by atoms with Crippen LogP contribution in [0.4, 0.5) is 0 Å². The summed E-state index contributed by atoms with van der Waals surface area (Å²) < 4.78 is 2.01. The second kappa shape index (κ2) is 5.70. The van der Waals surface area contributed by atoms with Gasteiger partial charge in [-0.25, -0.2) is 4.68 Å². The van der Waals surface area contributed by atoms with E-state index in [2.05, 4.69) is 49.4 Å². The van der Waals surface area contributed by atoms with E-state index >= 15 is 0 Å². The minimum atomic E-state index is 0.158. The standard InChI is InChI=1S/C15H24N4/c1-12(2)9-16-10-15(3,4)11-19-14-8-6-5-7-13(14)17-18-19/h5-8,12,16H,9-11H2,1-4H3. The molecule has 0 spiro atoms. The number of nitrogens with one attached hydrogen (secondary N) is 1. The van der Waals surface area contributed by atoms with E-state index in [1.54, 1.807) is 0 Å². The molecule has 0 bridgehead atoms. The average Bonchev–Trinajstić information content (AvgIpc) is 2.71. The molecule has 0 atom stereocenters. The van der Waals surface area contributed by atoms with Crippen molar-refractivity contribution < 1.29 is 0 Å². The maximum Gasteiger partial charge on any atom is 0.113 e. The van der Waals surface area contributed by atoms with E-state index < -0.39 is 0 Å². The van der Waals surface area contributed by atoms with Gasteiger partial charge in [0.2, 0.25) is 0 Å². The van der Waals surface area contributed by atoms with Gasteiger partial charge in [-0.15, -0.1) is 5.10 Å². The van der Waals surface area contributed by atoms with Crippen molar-refractivity contribution in [3.63, 3.8) is 0 Å². The Balaban J connectivity index is 2.03. The molecule has 1 aromatic carbocycles. The molecular formula is C15H24N4. The second-order valence-corrected chi connectivity index (χ2v) is 6.42. The molecule has 4 heteroatoms. The first-order valence-electron chi connectivity index (χ1n) is 6.97. The Hall–Kier alpha value is -1.42. The summed E-state index contributed by atoms with van der Waals surface area (Å²) in [6.45, 7) is 11.9. The fraction of sp³-hybridized carbons (Fsp3) is 0.600. The van der Waals surface area contributed by atoms with Gasteiger partial charge < -0.3 is 5.32 Å². The highest BCUT2D eigenvalue weighted by Gasteiger charge is 2.20. The SMILES string of the molecule is CC(C)CNCC(C)(C)Cn1nnc2ccccc21. The highest BCUT2D eigenvalue weighted by Crippen LogP contribution is 2.19. The normalized spacial score (nSPS) is 12.5. The summed E-state index contributed by atoms with van der Waals surface area (Å²) in [7, 11) is 0. The van der Waals surface area contributed by atoms with E-state index in [0.717, 1.165) is 30.7 Å². The largest absolute Gasteiger partial charge is 0.316 e. The number of fused-ring (bicyclic) bond motifs is 1. The summed E-state index contributed by atoms with van der Waals surface area (Å²) in [5.41, 5.74) is 2.23. The first kappa shape index (κ1) is 14.0. The van der Waals surface area contributed by atoms with Crippen LogP contribution in [0.15, 0.2) is 24.3 Å². The van der Waals surface area contributed by atoms with Crippen LogP contribution in [0.1, 0.15) is 27.7 Å². The van der Waals surface area contributed by atoms with Gasteiger partial charge >= 0.3 is 0 Å². The molecule has 104 valence electrons. The van der Waals surface area contributed by atoms with E-state index in [4.69, 9.17) is 0 Å². The molecule has 19 heavy (non-hydrogen) atoms. The molecule has 2 rings (SSSR count). The van der Waals surface area contributed by atoms with Gasteiger partial charge in [-0.3, -0.25) is 0 Å². The Bertz CT molecular complexity index is 528. The summed E-state index contributed by atoms with van der Waals surface area (Å²) in [6, 6.07) is 8.11. The third-order valence-corrected chi connectivity index (χ3v) is 3.15. The number of nitrogens with zero attached hydrogens (tertiary/aromatic N) is 3. The average molecular weight is 260 g/mol. The summed E-state index contributed by atoms with van der Waals surface area (Å²) in [5, 5.41) is 12.0. The number of aromatic nitrogens is 3. The molecule has 0 unspecified atom stereocenters. The van der Waals surface area contributed by atoms with Crippen molar-refractivity contribution >= 4 is 11.0 Å². The molecule has 0 fully saturated rings. The van der Waals surface area contributed by atoms with Crippen LogP contribution < -0.4 is 5.32 Å². The number of rotatable bonds is 6. The smallest absolute Gasteiger partial charge is 0.113 e. The van der Waals surface area contributed by atoms with Crippen LogP contribution in [0.3, 0.4) is 0 Å². The molecule has 0 aliphatic rings. The fourth-order valence-electron chi connectivity index (χ4n) is 2.19. The predicted octanol–water partition coefficient (Wildman–Crippen LogP) is 2.70. The number of hydrogen-bond donors (Lipinski definition) is 1. The Kier molecular flexibility index (Phi) is 4.20. The molecule has 1 N–H and O–H groups in total. The Morgan fingerprint density at radius 2 is 2.00 bits per heavy atom. The van der Waals surface area contributed by atoms with E-state index in [0.29, 0.717) is 5.92 Å². The molecule has 0 radical (unpaired) electrons. The van der Waals surface area contributed by atoms with Crippen LogP contribution in [0.25, 0.3) is 11.0 Å². The quantitative estimate of drug-likeness (QED) is 0.868. The van der Waals surface area contributed by atoms with Gasteiger partial charge in [0.25, 0.3) is 0 Å². The van der Waals surface area contributed by atoms with Gasteiger partial charge in [-0.1, -0.05) is 45.0 Å². The maximum atomic E-state index is 4.26. The minimum Gasteiger partial charge on any atom is -0.316 e. The monoisotopic (exact) mass is 260 g/mol. The highest BCUT2D eigenvalue weighted by molar-refractivity contribution is 5.73.